The van der Waals surface area contributed by atoms with E-state index in [1.807, 2.05) is 13.8 Å². The normalized spacial score (nSPS) is 23.9. The highest BCUT2D eigenvalue weighted by Gasteiger charge is 2.33. The average Bonchev–Trinajstić information content (AvgIpc) is 2.41. The van der Waals surface area contributed by atoms with Crippen LogP contribution in [0.3, 0.4) is 0 Å². The van der Waals surface area contributed by atoms with Crippen LogP contribution in [0.5, 0.6) is 0 Å². The van der Waals surface area contributed by atoms with Gasteiger partial charge in [-0.15, -0.1) is 0 Å². The number of ether oxygens (including phenoxy) is 1. The Morgan fingerprint density at radius 1 is 1.43 bits per heavy atom. The summed E-state index contributed by atoms with van der Waals surface area (Å²) in [6, 6.07) is 6.92. The summed E-state index contributed by atoms with van der Waals surface area (Å²) in [5, 5.41) is 0. The molecule has 21 heavy (non-hydrogen) atoms. The lowest BCUT2D eigenvalue weighted by Gasteiger charge is -2.35. The Balaban J connectivity index is 2.27. The van der Waals surface area contributed by atoms with E-state index in [0.29, 0.717) is 24.3 Å². The summed E-state index contributed by atoms with van der Waals surface area (Å²) in [4.78, 5) is 0.212. The smallest absolute Gasteiger partial charge is 0.218 e. The fourth-order valence-corrected chi connectivity index (χ4v) is 4.48. The first kappa shape index (κ1) is 16.4. The van der Waals surface area contributed by atoms with Crippen LogP contribution >= 0.6 is 12.2 Å². The van der Waals surface area contributed by atoms with Crippen LogP contribution in [0.15, 0.2) is 24.3 Å². The third-order valence-electron chi connectivity index (χ3n) is 3.53. The molecule has 1 aromatic rings. The van der Waals surface area contributed by atoms with Gasteiger partial charge in [0, 0.05) is 18.2 Å². The summed E-state index contributed by atoms with van der Waals surface area (Å²) >= 11 is 4.99. The maximum atomic E-state index is 12.7. The van der Waals surface area contributed by atoms with Gasteiger partial charge in [0.05, 0.1) is 18.5 Å². The second-order valence-electron chi connectivity index (χ2n) is 5.34. The molecule has 1 aliphatic rings. The van der Waals surface area contributed by atoms with Crippen LogP contribution in [0.1, 0.15) is 25.0 Å². The quantitative estimate of drug-likeness (QED) is 0.843. The SMILES string of the molecule is CC1CN(S(=O)(=O)Cc2ccccc2C(N)=S)C(C)CO1. The molecule has 1 fully saturated rings. The second-order valence-corrected chi connectivity index (χ2v) is 7.70. The largest absolute Gasteiger partial charge is 0.389 e. The van der Waals surface area contributed by atoms with Gasteiger partial charge in [-0.25, -0.2) is 8.42 Å². The van der Waals surface area contributed by atoms with Gasteiger partial charge in [0.1, 0.15) is 4.99 Å². The number of hydrogen-bond acceptors (Lipinski definition) is 4. The minimum Gasteiger partial charge on any atom is -0.389 e. The Kier molecular flexibility index (Phi) is 4.98. The molecular formula is C14H20N2O3S2. The molecule has 0 radical (unpaired) electrons. The minimum absolute atomic E-state index is 0.0956. The second kappa shape index (κ2) is 6.39. The summed E-state index contributed by atoms with van der Waals surface area (Å²) in [5.74, 6) is -0.0996. The van der Waals surface area contributed by atoms with Crippen LogP contribution in [0.2, 0.25) is 0 Å². The summed E-state index contributed by atoms with van der Waals surface area (Å²) < 4.78 is 32.3. The molecule has 0 saturated carbocycles. The lowest BCUT2D eigenvalue weighted by Crippen LogP contribution is -2.50. The van der Waals surface area contributed by atoms with Gasteiger partial charge in [0.2, 0.25) is 10.0 Å². The van der Waals surface area contributed by atoms with Crippen molar-refractivity contribution in [3.8, 4) is 0 Å². The summed E-state index contributed by atoms with van der Waals surface area (Å²) in [7, 11) is -3.44. The zero-order valence-electron chi connectivity index (χ0n) is 12.2. The summed E-state index contributed by atoms with van der Waals surface area (Å²) in [5.41, 5.74) is 6.92. The van der Waals surface area contributed by atoms with E-state index >= 15 is 0 Å². The predicted octanol–water partition coefficient (Wildman–Crippen LogP) is 1.26. The third kappa shape index (κ3) is 3.79. The van der Waals surface area contributed by atoms with Crippen molar-refractivity contribution in [1.82, 2.24) is 4.31 Å². The lowest BCUT2D eigenvalue weighted by molar-refractivity contribution is -0.0171. The molecule has 0 spiro atoms. The van der Waals surface area contributed by atoms with Gasteiger partial charge in [-0.05, 0) is 19.4 Å². The third-order valence-corrected chi connectivity index (χ3v) is 5.65. The molecule has 7 heteroatoms. The van der Waals surface area contributed by atoms with Gasteiger partial charge in [-0.2, -0.15) is 4.31 Å². The van der Waals surface area contributed by atoms with Crippen molar-refractivity contribution in [2.75, 3.05) is 13.2 Å². The van der Waals surface area contributed by atoms with Gasteiger partial charge in [-0.3, -0.25) is 0 Å². The fraction of sp³-hybridized carbons (Fsp3) is 0.500. The van der Waals surface area contributed by atoms with Crippen molar-refractivity contribution in [3.63, 3.8) is 0 Å². The molecule has 5 nitrogen and oxygen atoms in total. The van der Waals surface area contributed by atoms with E-state index < -0.39 is 10.0 Å². The highest BCUT2D eigenvalue weighted by Crippen LogP contribution is 2.21. The van der Waals surface area contributed by atoms with Crippen LogP contribution in [0.4, 0.5) is 0 Å². The van der Waals surface area contributed by atoms with Crippen LogP contribution in [-0.2, 0) is 20.5 Å². The zero-order valence-corrected chi connectivity index (χ0v) is 13.8. The average molecular weight is 328 g/mol. The molecule has 0 bridgehead atoms. The molecular weight excluding hydrogens is 308 g/mol. The molecule has 1 heterocycles. The molecule has 1 aliphatic heterocycles. The summed E-state index contributed by atoms with van der Waals surface area (Å²) in [6.07, 6.45) is -0.0956. The van der Waals surface area contributed by atoms with Crippen molar-refractivity contribution < 1.29 is 13.2 Å². The predicted molar refractivity (Wildman–Crippen MR) is 86.5 cm³/mol. The molecule has 0 aliphatic carbocycles. The zero-order chi connectivity index (χ0) is 15.6. The number of hydrogen-bond donors (Lipinski definition) is 1. The number of morpholine rings is 1. The first-order valence-corrected chi connectivity index (χ1v) is 8.82. The minimum atomic E-state index is -3.44. The number of thiocarbonyl (C=S) groups is 1. The Morgan fingerprint density at radius 3 is 2.76 bits per heavy atom. The molecule has 2 rings (SSSR count). The monoisotopic (exact) mass is 328 g/mol. The topological polar surface area (TPSA) is 72.6 Å². The lowest BCUT2D eigenvalue weighted by atomic mass is 10.1. The van der Waals surface area contributed by atoms with E-state index in [2.05, 4.69) is 0 Å². The van der Waals surface area contributed by atoms with E-state index in [1.165, 1.54) is 4.31 Å². The molecule has 2 unspecified atom stereocenters. The van der Waals surface area contributed by atoms with Crippen molar-refractivity contribution in [2.24, 2.45) is 5.73 Å². The Bertz CT molecular complexity index is 631. The van der Waals surface area contributed by atoms with Crippen molar-refractivity contribution in [1.29, 1.82) is 0 Å². The molecule has 2 N–H and O–H groups in total. The highest BCUT2D eigenvalue weighted by atomic mass is 32.2. The molecule has 1 aromatic carbocycles. The molecule has 0 amide bonds. The van der Waals surface area contributed by atoms with Crippen LogP contribution in [0.25, 0.3) is 0 Å². The number of nitrogens with zero attached hydrogens (tertiary/aromatic N) is 1. The fourth-order valence-electron chi connectivity index (χ4n) is 2.43. The van der Waals surface area contributed by atoms with Gasteiger partial charge in [0.15, 0.2) is 0 Å². The maximum Gasteiger partial charge on any atom is 0.218 e. The van der Waals surface area contributed by atoms with Gasteiger partial charge < -0.3 is 10.5 Å². The van der Waals surface area contributed by atoms with Gasteiger partial charge in [0.25, 0.3) is 0 Å². The van der Waals surface area contributed by atoms with Crippen molar-refractivity contribution >= 4 is 27.2 Å². The van der Waals surface area contributed by atoms with E-state index in [1.54, 1.807) is 24.3 Å². The molecule has 2 atom stereocenters. The Morgan fingerprint density at radius 2 is 2.10 bits per heavy atom. The number of nitrogens with two attached hydrogens (primary N) is 1. The molecule has 116 valence electrons. The van der Waals surface area contributed by atoms with Gasteiger partial charge in [-0.1, -0.05) is 36.5 Å². The van der Waals surface area contributed by atoms with E-state index in [0.717, 1.165) is 0 Å². The van der Waals surface area contributed by atoms with Gasteiger partial charge >= 0.3 is 0 Å². The van der Waals surface area contributed by atoms with E-state index in [-0.39, 0.29) is 22.9 Å². The summed E-state index contributed by atoms with van der Waals surface area (Å²) in [6.45, 7) is 4.51. The highest BCUT2D eigenvalue weighted by molar-refractivity contribution is 7.88. The van der Waals surface area contributed by atoms with Crippen LogP contribution < -0.4 is 5.73 Å². The van der Waals surface area contributed by atoms with E-state index in [9.17, 15) is 8.42 Å². The van der Waals surface area contributed by atoms with Crippen LogP contribution in [-0.4, -0.2) is 43.0 Å². The maximum absolute atomic E-state index is 12.7. The van der Waals surface area contributed by atoms with Crippen LogP contribution in [0, 0.1) is 0 Å². The molecule has 1 saturated heterocycles. The van der Waals surface area contributed by atoms with Crippen molar-refractivity contribution in [2.45, 2.75) is 31.7 Å². The Labute approximate surface area is 131 Å². The van der Waals surface area contributed by atoms with E-state index in [4.69, 9.17) is 22.7 Å². The Hall–Kier alpha value is -1.02. The van der Waals surface area contributed by atoms with Crippen molar-refractivity contribution in [3.05, 3.63) is 35.4 Å². The number of rotatable bonds is 4. The standard InChI is InChI=1S/C14H20N2O3S2/c1-10-8-19-11(2)7-16(10)21(17,18)9-12-5-3-4-6-13(12)14(15)20/h3-6,10-11H,7-9H2,1-2H3,(H2,15,20). The molecule has 0 aromatic heterocycles. The first-order valence-electron chi connectivity index (χ1n) is 6.80. The first-order chi connectivity index (χ1) is 9.81. The number of benzene rings is 1. The number of sulfonamides is 1.